The summed E-state index contributed by atoms with van der Waals surface area (Å²) in [7, 11) is 0. The average Bonchev–Trinajstić information content (AvgIpc) is 3.23. The number of nitrogens with zero attached hydrogens (tertiary/aromatic N) is 2. The molecule has 2 aromatic carbocycles. The molecule has 0 aliphatic heterocycles. The third-order valence-corrected chi connectivity index (χ3v) is 6.34. The molecule has 144 valence electrons. The molecule has 0 radical (unpaired) electrons. The lowest BCUT2D eigenvalue weighted by atomic mass is 9.88. The van der Waals surface area contributed by atoms with Crippen molar-refractivity contribution in [3.8, 4) is 11.3 Å². The zero-order valence-corrected chi connectivity index (χ0v) is 17.1. The van der Waals surface area contributed by atoms with Gasteiger partial charge in [0.15, 0.2) is 5.13 Å². The average molecular weight is 391 g/mol. The van der Waals surface area contributed by atoms with Crippen molar-refractivity contribution in [2.24, 2.45) is 5.92 Å². The van der Waals surface area contributed by atoms with Crippen molar-refractivity contribution in [2.45, 2.75) is 45.6 Å². The molecule has 0 atom stereocenters. The second kappa shape index (κ2) is 8.70. The van der Waals surface area contributed by atoms with Crippen LogP contribution in [0, 0.1) is 12.8 Å². The van der Waals surface area contributed by atoms with E-state index in [0.717, 1.165) is 47.6 Å². The van der Waals surface area contributed by atoms with E-state index in [1.807, 2.05) is 23.1 Å². The van der Waals surface area contributed by atoms with Gasteiger partial charge in [0.25, 0.3) is 0 Å². The highest BCUT2D eigenvalue weighted by Gasteiger charge is 2.28. The SMILES string of the molecule is Cc1ccc(-c2csc(N(Cc3ccccc3)C(=O)C3CCCCC3)n2)cc1. The molecule has 1 aromatic heterocycles. The van der Waals surface area contributed by atoms with Crippen LogP contribution < -0.4 is 4.90 Å². The summed E-state index contributed by atoms with van der Waals surface area (Å²) in [5.41, 5.74) is 4.41. The van der Waals surface area contributed by atoms with E-state index in [4.69, 9.17) is 4.98 Å². The number of aryl methyl sites for hydroxylation is 1. The molecule has 28 heavy (non-hydrogen) atoms. The first-order chi connectivity index (χ1) is 13.7. The van der Waals surface area contributed by atoms with E-state index < -0.39 is 0 Å². The second-order valence-corrected chi connectivity index (χ2v) is 8.46. The van der Waals surface area contributed by atoms with Gasteiger partial charge in [0.2, 0.25) is 5.91 Å². The van der Waals surface area contributed by atoms with E-state index in [-0.39, 0.29) is 11.8 Å². The highest BCUT2D eigenvalue weighted by atomic mass is 32.1. The standard InChI is InChI=1S/C24H26N2OS/c1-18-12-14-20(15-13-18)22-17-28-24(25-22)26(16-19-8-4-2-5-9-19)23(27)21-10-6-3-7-11-21/h2,4-5,8-9,12-15,17,21H,3,6-7,10-11,16H2,1H3. The summed E-state index contributed by atoms with van der Waals surface area (Å²) in [4.78, 5) is 20.1. The summed E-state index contributed by atoms with van der Waals surface area (Å²) in [6, 6.07) is 18.6. The molecule has 1 aliphatic carbocycles. The van der Waals surface area contributed by atoms with Crippen molar-refractivity contribution in [1.29, 1.82) is 0 Å². The van der Waals surface area contributed by atoms with Crippen molar-refractivity contribution >= 4 is 22.4 Å². The predicted octanol–water partition coefficient (Wildman–Crippen LogP) is 6.23. The van der Waals surface area contributed by atoms with Crippen LogP contribution in [0.3, 0.4) is 0 Å². The van der Waals surface area contributed by atoms with Crippen LogP contribution in [0.4, 0.5) is 5.13 Å². The molecule has 1 saturated carbocycles. The second-order valence-electron chi connectivity index (χ2n) is 7.63. The summed E-state index contributed by atoms with van der Waals surface area (Å²) in [6.07, 6.45) is 5.56. The summed E-state index contributed by atoms with van der Waals surface area (Å²) in [5.74, 6) is 0.359. The van der Waals surface area contributed by atoms with Gasteiger partial charge in [0, 0.05) is 16.9 Å². The molecule has 0 spiro atoms. The van der Waals surface area contributed by atoms with Gasteiger partial charge in [-0.15, -0.1) is 11.3 Å². The minimum Gasteiger partial charge on any atom is -0.283 e. The Morgan fingerprint density at radius 2 is 1.75 bits per heavy atom. The van der Waals surface area contributed by atoms with Crippen LogP contribution in [0.25, 0.3) is 11.3 Å². The zero-order chi connectivity index (χ0) is 19.3. The van der Waals surface area contributed by atoms with Crippen molar-refractivity contribution in [2.75, 3.05) is 4.90 Å². The van der Waals surface area contributed by atoms with Crippen LogP contribution >= 0.6 is 11.3 Å². The number of rotatable bonds is 5. The largest absolute Gasteiger partial charge is 0.283 e. The Bertz CT molecular complexity index is 911. The summed E-state index contributed by atoms with van der Waals surface area (Å²) >= 11 is 1.56. The number of benzene rings is 2. The predicted molar refractivity (Wildman–Crippen MR) is 116 cm³/mol. The van der Waals surface area contributed by atoms with Gasteiger partial charge < -0.3 is 0 Å². The highest BCUT2D eigenvalue weighted by Crippen LogP contribution is 2.32. The first-order valence-corrected chi connectivity index (χ1v) is 11.0. The van der Waals surface area contributed by atoms with Gasteiger partial charge >= 0.3 is 0 Å². The number of thiazole rings is 1. The maximum absolute atomic E-state index is 13.4. The molecule has 3 nitrogen and oxygen atoms in total. The van der Waals surface area contributed by atoms with Crippen LogP contribution in [0.15, 0.2) is 60.0 Å². The van der Waals surface area contributed by atoms with Gasteiger partial charge in [-0.2, -0.15) is 0 Å². The van der Waals surface area contributed by atoms with Crippen molar-refractivity contribution in [1.82, 2.24) is 4.98 Å². The Balaban J connectivity index is 1.62. The molecule has 3 aromatic rings. The number of hydrogen-bond acceptors (Lipinski definition) is 3. The van der Waals surface area contributed by atoms with Gasteiger partial charge in [0.05, 0.1) is 12.2 Å². The molecule has 1 heterocycles. The highest BCUT2D eigenvalue weighted by molar-refractivity contribution is 7.14. The van der Waals surface area contributed by atoms with Crippen molar-refractivity contribution < 1.29 is 4.79 Å². The molecule has 4 rings (SSSR count). The molecule has 4 heteroatoms. The quantitative estimate of drug-likeness (QED) is 0.517. The molecule has 1 aliphatic rings. The molecule has 1 amide bonds. The molecule has 0 unspecified atom stereocenters. The Hall–Kier alpha value is -2.46. The summed E-state index contributed by atoms with van der Waals surface area (Å²) in [5, 5.41) is 2.86. The van der Waals surface area contributed by atoms with Gasteiger partial charge in [0.1, 0.15) is 0 Å². The van der Waals surface area contributed by atoms with E-state index >= 15 is 0 Å². The van der Waals surface area contributed by atoms with Crippen LogP contribution in [0.5, 0.6) is 0 Å². The Labute approximate surface area is 171 Å². The fourth-order valence-corrected chi connectivity index (χ4v) is 4.66. The van der Waals surface area contributed by atoms with Crippen LogP contribution in [-0.4, -0.2) is 10.9 Å². The molecule has 0 bridgehead atoms. The lowest BCUT2D eigenvalue weighted by Crippen LogP contribution is -2.36. The van der Waals surface area contributed by atoms with Crippen molar-refractivity contribution in [3.63, 3.8) is 0 Å². The number of hydrogen-bond donors (Lipinski definition) is 0. The van der Waals surface area contributed by atoms with Gasteiger partial charge in [-0.05, 0) is 25.3 Å². The third-order valence-electron chi connectivity index (χ3n) is 5.47. The number of aromatic nitrogens is 1. The molecule has 1 fully saturated rings. The Kier molecular flexibility index (Phi) is 5.87. The van der Waals surface area contributed by atoms with E-state index in [2.05, 4.69) is 48.7 Å². The van der Waals surface area contributed by atoms with E-state index in [0.29, 0.717) is 6.54 Å². The number of amides is 1. The topological polar surface area (TPSA) is 33.2 Å². The minimum atomic E-state index is 0.129. The Morgan fingerprint density at radius 1 is 1.04 bits per heavy atom. The van der Waals surface area contributed by atoms with E-state index in [1.165, 1.54) is 12.0 Å². The number of carbonyl (C=O) groups is 1. The minimum absolute atomic E-state index is 0.129. The van der Waals surface area contributed by atoms with E-state index in [1.54, 1.807) is 11.3 Å². The van der Waals surface area contributed by atoms with Gasteiger partial charge in [-0.25, -0.2) is 4.98 Å². The van der Waals surface area contributed by atoms with Crippen molar-refractivity contribution in [3.05, 3.63) is 71.1 Å². The van der Waals surface area contributed by atoms with Crippen LogP contribution in [0.1, 0.15) is 43.2 Å². The lowest BCUT2D eigenvalue weighted by molar-refractivity contribution is -0.123. The molecule has 0 saturated heterocycles. The molecular weight excluding hydrogens is 364 g/mol. The maximum Gasteiger partial charge on any atom is 0.232 e. The first-order valence-electron chi connectivity index (χ1n) is 10.1. The smallest absolute Gasteiger partial charge is 0.232 e. The monoisotopic (exact) mass is 390 g/mol. The molecular formula is C24H26N2OS. The van der Waals surface area contributed by atoms with Gasteiger partial charge in [-0.1, -0.05) is 79.4 Å². The third kappa shape index (κ3) is 4.33. The number of anilines is 1. The normalized spacial score (nSPS) is 14.8. The van der Waals surface area contributed by atoms with E-state index in [9.17, 15) is 4.79 Å². The van der Waals surface area contributed by atoms with Crippen LogP contribution in [-0.2, 0) is 11.3 Å². The fourth-order valence-electron chi connectivity index (χ4n) is 3.82. The van der Waals surface area contributed by atoms with Crippen LogP contribution in [0.2, 0.25) is 0 Å². The zero-order valence-electron chi connectivity index (χ0n) is 16.3. The molecule has 0 N–H and O–H groups in total. The summed E-state index contributed by atoms with van der Waals surface area (Å²) in [6.45, 7) is 2.66. The van der Waals surface area contributed by atoms with Gasteiger partial charge in [-0.3, -0.25) is 9.69 Å². The first kappa shape index (κ1) is 18.9. The summed E-state index contributed by atoms with van der Waals surface area (Å²) < 4.78 is 0. The fraction of sp³-hybridized carbons (Fsp3) is 0.333. The Morgan fingerprint density at radius 3 is 2.46 bits per heavy atom. The number of carbonyl (C=O) groups excluding carboxylic acids is 1. The maximum atomic E-state index is 13.4. The lowest BCUT2D eigenvalue weighted by Gasteiger charge is -2.27.